The van der Waals surface area contributed by atoms with E-state index in [2.05, 4.69) is 73.7 Å². The summed E-state index contributed by atoms with van der Waals surface area (Å²) in [6.07, 6.45) is 4.92. The van der Waals surface area contributed by atoms with E-state index in [-0.39, 0.29) is 17.3 Å². The zero-order valence-corrected chi connectivity index (χ0v) is 21.2. The van der Waals surface area contributed by atoms with Crippen molar-refractivity contribution in [3.63, 3.8) is 0 Å². The van der Waals surface area contributed by atoms with Gasteiger partial charge in [0.2, 0.25) is 0 Å². The van der Waals surface area contributed by atoms with Crippen LogP contribution in [-0.2, 0) is 22.6 Å². The molecule has 176 valence electrons. The number of carbonyl (C=O) groups excluding carboxylic acids is 1. The van der Waals surface area contributed by atoms with Crippen LogP contribution in [0.15, 0.2) is 77.5 Å². The molecule has 0 amide bonds. The largest absolute Gasteiger partial charge is 0.489 e. The fourth-order valence-corrected chi connectivity index (χ4v) is 4.13. The Hall–Kier alpha value is -3.29. The number of carbonyl (C=O) groups is 1. The van der Waals surface area contributed by atoms with Gasteiger partial charge in [-0.05, 0) is 97.0 Å². The van der Waals surface area contributed by atoms with E-state index in [1.54, 1.807) is 11.3 Å². The molecule has 1 atom stereocenters. The minimum Gasteiger partial charge on any atom is -0.489 e. The van der Waals surface area contributed by atoms with Crippen molar-refractivity contribution in [2.75, 3.05) is 7.11 Å². The molecule has 3 rings (SSSR count). The summed E-state index contributed by atoms with van der Waals surface area (Å²) in [4.78, 5) is 12.3. The van der Waals surface area contributed by atoms with Gasteiger partial charge in [0.05, 0.1) is 13.0 Å². The van der Waals surface area contributed by atoms with Crippen LogP contribution >= 0.6 is 11.3 Å². The molecule has 0 aliphatic rings. The lowest BCUT2D eigenvalue weighted by molar-refractivity contribution is -0.145. The third kappa shape index (κ3) is 8.24. The number of rotatable bonds is 9. The van der Waals surface area contributed by atoms with Crippen LogP contribution in [0.5, 0.6) is 5.75 Å². The highest BCUT2D eigenvalue weighted by Crippen LogP contribution is 2.24. The minimum atomic E-state index is -0.268. The van der Waals surface area contributed by atoms with E-state index >= 15 is 0 Å². The molecular weight excluding hydrogens is 440 g/mol. The number of methoxy groups -OCH3 is 1. The summed E-state index contributed by atoms with van der Waals surface area (Å²) in [5.74, 6) is 6.52. The molecule has 1 unspecified atom stereocenters. The molecule has 0 aliphatic heterocycles. The molecule has 0 fully saturated rings. The van der Waals surface area contributed by atoms with Crippen LogP contribution < -0.4 is 4.74 Å². The average molecular weight is 473 g/mol. The highest BCUT2D eigenvalue weighted by atomic mass is 32.1. The summed E-state index contributed by atoms with van der Waals surface area (Å²) in [5.41, 5.74) is 4.52. The Balaban J connectivity index is 1.62. The maximum atomic E-state index is 12.3. The van der Waals surface area contributed by atoms with E-state index < -0.39 is 0 Å². The number of hydrogen-bond donors (Lipinski definition) is 0. The molecule has 0 saturated heterocycles. The summed E-state index contributed by atoms with van der Waals surface area (Å²) < 4.78 is 11.1. The summed E-state index contributed by atoms with van der Waals surface area (Å²) in [7, 11) is 1.43. The number of ether oxygens (including phenoxy) is 2. The van der Waals surface area contributed by atoms with Gasteiger partial charge in [0.1, 0.15) is 12.4 Å². The van der Waals surface area contributed by atoms with Crippen molar-refractivity contribution < 1.29 is 14.3 Å². The first kappa shape index (κ1) is 25.3. The van der Waals surface area contributed by atoms with Crippen molar-refractivity contribution in [2.24, 2.45) is 11.3 Å². The summed E-state index contributed by atoms with van der Waals surface area (Å²) >= 11 is 1.69. The van der Waals surface area contributed by atoms with E-state index in [0.29, 0.717) is 19.4 Å². The van der Waals surface area contributed by atoms with Crippen molar-refractivity contribution in [1.82, 2.24) is 0 Å². The molecule has 34 heavy (non-hydrogen) atoms. The Labute approximate surface area is 207 Å². The van der Waals surface area contributed by atoms with Gasteiger partial charge in [-0.3, -0.25) is 4.79 Å². The fourth-order valence-electron chi connectivity index (χ4n) is 3.46. The Kier molecular flexibility index (Phi) is 9.13. The lowest BCUT2D eigenvalue weighted by Gasteiger charge is -2.14. The molecule has 0 N–H and O–H groups in total. The first-order valence-electron chi connectivity index (χ1n) is 11.4. The maximum absolute atomic E-state index is 12.3. The lowest BCUT2D eigenvalue weighted by atomic mass is 9.95. The first-order valence-corrected chi connectivity index (χ1v) is 12.4. The normalized spacial score (nSPS) is 12.1. The van der Waals surface area contributed by atoms with E-state index in [1.807, 2.05) is 36.4 Å². The number of allylic oxidation sites excluding steroid dienone is 2. The molecule has 3 nitrogen and oxygen atoms in total. The topological polar surface area (TPSA) is 35.5 Å². The van der Waals surface area contributed by atoms with Crippen molar-refractivity contribution in [1.29, 1.82) is 0 Å². The number of thiophene rings is 1. The monoisotopic (exact) mass is 472 g/mol. The van der Waals surface area contributed by atoms with Gasteiger partial charge >= 0.3 is 5.97 Å². The third-order valence-electron chi connectivity index (χ3n) is 5.17. The molecular formula is C30H32O3S. The van der Waals surface area contributed by atoms with E-state index in [4.69, 9.17) is 9.47 Å². The van der Waals surface area contributed by atoms with Crippen molar-refractivity contribution in [2.45, 2.75) is 40.2 Å². The Morgan fingerprint density at radius 2 is 1.85 bits per heavy atom. The minimum absolute atomic E-state index is 0.0439. The summed E-state index contributed by atoms with van der Waals surface area (Å²) in [5, 5.41) is 4.23. The summed E-state index contributed by atoms with van der Waals surface area (Å²) in [6, 6.07) is 18.5. The quantitative estimate of drug-likeness (QED) is 0.242. The number of hydrogen-bond acceptors (Lipinski definition) is 4. The Bertz CT molecular complexity index is 1160. The summed E-state index contributed by atoms with van der Waals surface area (Å²) in [6.45, 7) is 6.69. The number of esters is 1. The average Bonchev–Trinajstić information content (AvgIpc) is 3.36. The first-order chi connectivity index (χ1) is 16.3. The predicted octanol–water partition coefficient (Wildman–Crippen LogP) is 7.32. The smallest absolute Gasteiger partial charge is 0.309 e. The maximum Gasteiger partial charge on any atom is 0.309 e. The SMILES string of the molecule is COC(=O)C(CC=CC#CC(C)(C)C)Cc1cccc(OCc2cccc(-c3ccsc3)c2)c1. The van der Waals surface area contributed by atoms with Gasteiger partial charge in [-0.1, -0.05) is 48.2 Å². The van der Waals surface area contributed by atoms with Crippen LogP contribution in [0.4, 0.5) is 0 Å². The number of benzene rings is 2. The van der Waals surface area contributed by atoms with Gasteiger partial charge in [-0.25, -0.2) is 0 Å². The van der Waals surface area contributed by atoms with Gasteiger partial charge in [-0.15, -0.1) is 0 Å². The molecule has 0 spiro atoms. The van der Waals surface area contributed by atoms with Crippen LogP contribution in [-0.4, -0.2) is 13.1 Å². The molecule has 1 heterocycles. The van der Waals surface area contributed by atoms with Crippen LogP contribution in [0.2, 0.25) is 0 Å². The second kappa shape index (κ2) is 12.3. The molecule has 4 heteroatoms. The van der Waals surface area contributed by atoms with Crippen LogP contribution in [0, 0.1) is 23.2 Å². The standard InChI is InChI=1S/C30H32O3S/c1-30(2,3)16-7-5-6-12-26(29(31)32-4)18-23-10-9-14-28(20-23)33-21-24-11-8-13-25(19-24)27-15-17-34-22-27/h5-6,8-11,13-15,17,19-20,22,26H,12,18,21H2,1-4H3. The molecule has 3 aromatic rings. The molecule has 0 aliphatic carbocycles. The van der Waals surface area contributed by atoms with Gasteiger partial charge in [0.25, 0.3) is 0 Å². The zero-order valence-electron chi connectivity index (χ0n) is 20.3. The van der Waals surface area contributed by atoms with Crippen molar-refractivity contribution >= 4 is 17.3 Å². The second-order valence-corrected chi connectivity index (χ2v) is 10.0. The zero-order chi connectivity index (χ0) is 24.4. The molecule has 0 radical (unpaired) electrons. The van der Waals surface area contributed by atoms with Crippen LogP contribution in [0.1, 0.15) is 38.3 Å². The van der Waals surface area contributed by atoms with Crippen LogP contribution in [0.25, 0.3) is 11.1 Å². The molecule has 2 aromatic carbocycles. The lowest BCUT2D eigenvalue weighted by Crippen LogP contribution is -2.18. The van der Waals surface area contributed by atoms with E-state index in [0.717, 1.165) is 16.9 Å². The fraction of sp³-hybridized carbons (Fsp3) is 0.300. The van der Waals surface area contributed by atoms with E-state index in [1.165, 1.54) is 18.2 Å². The molecule has 0 saturated carbocycles. The van der Waals surface area contributed by atoms with Gasteiger partial charge in [0, 0.05) is 5.41 Å². The molecule has 1 aromatic heterocycles. The van der Waals surface area contributed by atoms with Gasteiger partial charge in [0.15, 0.2) is 0 Å². The van der Waals surface area contributed by atoms with Crippen LogP contribution in [0.3, 0.4) is 0 Å². The Morgan fingerprint density at radius 3 is 2.59 bits per heavy atom. The molecule has 0 bridgehead atoms. The predicted molar refractivity (Wildman–Crippen MR) is 141 cm³/mol. The third-order valence-corrected chi connectivity index (χ3v) is 5.85. The Morgan fingerprint density at radius 1 is 1.06 bits per heavy atom. The highest BCUT2D eigenvalue weighted by Gasteiger charge is 2.18. The highest BCUT2D eigenvalue weighted by molar-refractivity contribution is 7.08. The second-order valence-electron chi connectivity index (χ2n) is 9.23. The van der Waals surface area contributed by atoms with Gasteiger partial charge in [-0.2, -0.15) is 11.3 Å². The van der Waals surface area contributed by atoms with Crippen molar-refractivity contribution in [3.8, 4) is 28.7 Å². The van der Waals surface area contributed by atoms with Gasteiger partial charge < -0.3 is 9.47 Å². The van der Waals surface area contributed by atoms with Crippen molar-refractivity contribution in [3.05, 3.63) is 88.6 Å². The van der Waals surface area contributed by atoms with E-state index in [9.17, 15) is 4.79 Å².